The second-order valence-electron chi connectivity index (χ2n) is 5.86. The number of nitrogens with one attached hydrogen (secondary N) is 1. The van der Waals surface area contributed by atoms with Gasteiger partial charge in [0.15, 0.2) is 0 Å². The molecule has 1 heterocycles. The molecule has 0 bridgehead atoms. The van der Waals surface area contributed by atoms with Crippen molar-refractivity contribution in [1.82, 2.24) is 4.90 Å². The van der Waals surface area contributed by atoms with Crippen LogP contribution < -0.4 is 10.1 Å². The molecule has 1 fully saturated rings. The van der Waals surface area contributed by atoms with Gasteiger partial charge in [-0.1, -0.05) is 31.9 Å². The molecular formula is C18H28N2O3. The minimum Gasteiger partial charge on any atom is -0.491 e. The van der Waals surface area contributed by atoms with Gasteiger partial charge in [0.2, 0.25) is 0 Å². The average molecular weight is 320 g/mol. The van der Waals surface area contributed by atoms with Crippen LogP contribution in [0.25, 0.3) is 0 Å². The molecule has 1 aliphatic heterocycles. The van der Waals surface area contributed by atoms with Crippen LogP contribution in [0.15, 0.2) is 24.3 Å². The van der Waals surface area contributed by atoms with Crippen LogP contribution in [0.1, 0.15) is 39.0 Å². The van der Waals surface area contributed by atoms with Crippen LogP contribution in [-0.4, -0.2) is 43.8 Å². The fourth-order valence-corrected chi connectivity index (χ4v) is 2.68. The molecule has 0 unspecified atom stereocenters. The first kappa shape index (κ1) is 17.6. The minimum absolute atomic E-state index is 0.420. The Labute approximate surface area is 139 Å². The van der Waals surface area contributed by atoms with E-state index in [9.17, 15) is 4.79 Å². The minimum atomic E-state index is -0.424. The zero-order chi connectivity index (χ0) is 16.3. The van der Waals surface area contributed by atoms with Crippen molar-refractivity contribution < 1.29 is 14.3 Å². The SMILES string of the molecule is CCCOc1ccccc1NC(=O)OCCN1CCCCCC1. The summed E-state index contributed by atoms with van der Waals surface area (Å²) in [4.78, 5) is 14.3. The summed E-state index contributed by atoms with van der Waals surface area (Å²) in [7, 11) is 0. The lowest BCUT2D eigenvalue weighted by molar-refractivity contribution is 0.140. The number of hydrogen-bond acceptors (Lipinski definition) is 4. The molecule has 1 aliphatic rings. The van der Waals surface area contributed by atoms with Gasteiger partial charge in [0, 0.05) is 6.54 Å². The predicted molar refractivity (Wildman–Crippen MR) is 92.1 cm³/mol. The zero-order valence-electron chi connectivity index (χ0n) is 14.1. The number of hydrogen-bond donors (Lipinski definition) is 1. The first-order valence-electron chi connectivity index (χ1n) is 8.67. The van der Waals surface area contributed by atoms with Crippen molar-refractivity contribution in [1.29, 1.82) is 0 Å². The summed E-state index contributed by atoms with van der Waals surface area (Å²) in [5.41, 5.74) is 0.653. The molecule has 1 amide bonds. The molecule has 0 aliphatic carbocycles. The average Bonchev–Trinajstić information content (AvgIpc) is 2.83. The third-order valence-corrected chi connectivity index (χ3v) is 3.92. The standard InChI is InChI=1S/C18H28N2O3/c1-2-14-22-17-10-6-5-9-16(17)19-18(21)23-15-13-20-11-7-3-4-8-12-20/h5-6,9-10H,2-4,7-8,11-15H2,1H3,(H,19,21). The summed E-state index contributed by atoms with van der Waals surface area (Å²) in [6, 6.07) is 7.43. The lowest BCUT2D eigenvalue weighted by Gasteiger charge is -2.19. The highest BCUT2D eigenvalue weighted by Gasteiger charge is 2.11. The maximum absolute atomic E-state index is 11.9. The van der Waals surface area contributed by atoms with Crippen molar-refractivity contribution in [2.45, 2.75) is 39.0 Å². The predicted octanol–water partition coefficient (Wildman–Crippen LogP) is 3.90. The second kappa shape index (κ2) is 10.1. The molecule has 0 radical (unpaired) electrons. The van der Waals surface area contributed by atoms with E-state index in [-0.39, 0.29) is 0 Å². The summed E-state index contributed by atoms with van der Waals surface area (Å²) in [6.45, 7) is 6.12. The number of para-hydroxylation sites is 2. The fourth-order valence-electron chi connectivity index (χ4n) is 2.68. The van der Waals surface area contributed by atoms with Crippen LogP contribution in [-0.2, 0) is 4.74 Å². The number of benzene rings is 1. The first-order chi connectivity index (χ1) is 11.3. The molecule has 1 aromatic carbocycles. The van der Waals surface area contributed by atoms with Crippen molar-refractivity contribution in [2.24, 2.45) is 0 Å². The molecule has 1 aromatic rings. The number of carbonyl (C=O) groups is 1. The lowest BCUT2D eigenvalue weighted by Crippen LogP contribution is -2.30. The van der Waals surface area contributed by atoms with Crippen molar-refractivity contribution in [2.75, 3.05) is 38.2 Å². The van der Waals surface area contributed by atoms with Crippen molar-refractivity contribution in [3.63, 3.8) is 0 Å². The summed E-state index contributed by atoms with van der Waals surface area (Å²) >= 11 is 0. The number of nitrogens with zero attached hydrogens (tertiary/aromatic N) is 1. The van der Waals surface area contributed by atoms with Crippen LogP contribution in [0.2, 0.25) is 0 Å². The molecule has 5 heteroatoms. The molecule has 0 atom stereocenters. The van der Waals surface area contributed by atoms with Gasteiger partial charge in [-0.15, -0.1) is 0 Å². The maximum atomic E-state index is 11.9. The fraction of sp³-hybridized carbons (Fsp3) is 0.611. The number of amides is 1. The van der Waals surface area contributed by atoms with E-state index in [2.05, 4.69) is 10.2 Å². The summed E-state index contributed by atoms with van der Waals surface area (Å²) in [6.07, 6.45) is 5.61. The largest absolute Gasteiger partial charge is 0.491 e. The highest BCUT2D eigenvalue weighted by atomic mass is 16.5. The Hall–Kier alpha value is -1.75. The van der Waals surface area contributed by atoms with E-state index in [0.717, 1.165) is 26.1 Å². The van der Waals surface area contributed by atoms with E-state index in [1.165, 1.54) is 25.7 Å². The Morgan fingerprint density at radius 3 is 2.61 bits per heavy atom. The Bertz CT molecular complexity index is 471. The molecular weight excluding hydrogens is 292 g/mol. The van der Waals surface area contributed by atoms with Crippen molar-refractivity contribution in [3.8, 4) is 5.75 Å². The number of likely N-dealkylation sites (tertiary alicyclic amines) is 1. The Morgan fingerprint density at radius 2 is 1.87 bits per heavy atom. The van der Waals surface area contributed by atoms with Gasteiger partial charge in [-0.2, -0.15) is 0 Å². The van der Waals surface area contributed by atoms with Crippen LogP contribution in [0, 0.1) is 0 Å². The van der Waals surface area contributed by atoms with Crippen molar-refractivity contribution in [3.05, 3.63) is 24.3 Å². The molecule has 0 aromatic heterocycles. The molecule has 5 nitrogen and oxygen atoms in total. The van der Waals surface area contributed by atoms with E-state index >= 15 is 0 Å². The number of rotatable bonds is 7. The van der Waals surface area contributed by atoms with Crippen LogP contribution in [0.4, 0.5) is 10.5 Å². The third-order valence-electron chi connectivity index (χ3n) is 3.92. The highest BCUT2D eigenvalue weighted by Crippen LogP contribution is 2.24. The van der Waals surface area contributed by atoms with Crippen molar-refractivity contribution >= 4 is 11.8 Å². The zero-order valence-corrected chi connectivity index (χ0v) is 14.1. The van der Waals surface area contributed by atoms with E-state index in [1.807, 2.05) is 31.2 Å². The van der Waals surface area contributed by atoms with E-state index < -0.39 is 6.09 Å². The van der Waals surface area contributed by atoms with Gasteiger partial charge in [0.1, 0.15) is 12.4 Å². The van der Waals surface area contributed by atoms with Gasteiger partial charge in [-0.05, 0) is 44.5 Å². The summed E-state index contributed by atoms with van der Waals surface area (Å²) in [5.74, 6) is 0.679. The third kappa shape index (κ3) is 6.48. The monoisotopic (exact) mass is 320 g/mol. The Kier molecular flexibility index (Phi) is 7.73. The lowest BCUT2D eigenvalue weighted by atomic mass is 10.2. The van der Waals surface area contributed by atoms with E-state index in [0.29, 0.717) is 24.7 Å². The normalized spacial score (nSPS) is 15.7. The van der Waals surface area contributed by atoms with Crippen LogP contribution in [0.3, 0.4) is 0 Å². The Morgan fingerprint density at radius 1 is 1.13 bits per heavy atom. The summed E-state index contributed by atoms with van der Waals surface area (Å²) < 4.78 is 10.9. The molecule has 0 spiro atoms. The molecule has 1 saturated heterocycles. The molecule has 0 saturated carbocycles. The van der Waals surface area contributed by atoms with Gasteiger partial charge >= 0.3 is 6.09 Å². The second-order valence-corrected chi connectivity index (χ2v) is 5.86. The van der Waals surface area contributed by atoms with Gasteiger partial charge in [0.25, 0.3) is 0 Å². The molecule has 128 valence electrons. The smallest absolute Gasteiger partial charge is 0.411 e. The van der Waals surface area contributed by atoms with Gasteiger partial charge in [-0.3, -0.25) is 10.2 Å². The number of anilines is 1. The van der Waals surface area contributed by atoms with Crippen LogP contribution in [0.5, 0.6) is 5.75 Å². The summed E-state index contributed by atoms with van der Waals surface area (Å²) in [5, 5.41) is 2.76. The van der Waals surface area contributed by atoms with Gasteiger partial charge in [0.05, 0.1) is 12.3 Å². The van der Waals surface area contributed by atoms with Gasteiger partial charge in [-0.25, -0.2) is 4.79 Å². The van der Waals surface area contributed by atoms with E-state index in [4.69, 9.17) is 9.47 Å². The Balaban J connectivity index is 1.74. The van der Waals surface area contributed by atoms with Crippen LogP contribution >= 0.6 is 0 Å². The maximum Gasteiger partial charge on any atom is 0.411 e. The molecule has 1 N–H and O–H groups in total. The topological polar surface area (TPSA) is 50.8 Å². The molecule has 23 heavy (non-hydrogen) atoms. The highest BCUT2D eigenvalue weighted by molar-refractivity contribution is 5.86. The van der Waals surface area contributed by atoms with Gasteiger partial charge < -0.3 is 9.47 Å². The van der Waals surface area contributed by atoms with E-state index in [1.54, 1.807) is 0 Å². The quantitative estimate of drug-likeness (QED) is 0.828. The number of carbonyl (C=O) groups excluding carboxylic acids is 1. The molecule has 2 rings (SSSR count). The number of ether oxygens (including phenoxy) is 2. The first-order valence-corrected chi connectivity index (χ1v) is 8.67.